The highest BCUT2D eigenvalue weighted by Crippen LogP contribution is 2.40. The molecule has 6 rings (SSSR count). The van der Waals surface area contributed by atoms with Crippen LogP contribution in [0.5, 0.6) is 0 Å². The monoisotopic (exact) mass is 277 g/mol. The first kappa shape index (κ1) is 11.8. The Balaban J connectivity index is 2.10. The molecule has 0 aliphatic rings. The average molecular weight is 277 g/mol. The summed E-state index contributed by atoms with van der Waals surface area (Å²) < 4.78 is 0. The van der Waals surface area contributed by atoms with Crippen LogP contribution in [0.15, 0.2) is 78.9 Å². The number of hydrogen-bond donors (Lipinski definition) is 0. The van der Waals surface area contributed by atoms with E-state index in [-0.39, 0.29) is 0 Å². The lowest BCUT2D eigenvalue weighted by Gasteiger charge is -2.15. The van der Waals surface area contributed by atoms with E-state index in [1.165, 1.54) is 43.4 Å². The van der Waals surface area contributed by atoms with Gasteiger partial charge in [-0.2, -0.15) is 0 Å². The molecule has 6 aromatic rings. The Kier molecular flexibility index (Phi) is 2.31. The maximum atomic E-state index is 3.63. The molecule has 0 heterocycles. The molecule has 0 spiro atoms. The van der Waals surface area contributed by atoms with Crippen LogP contribution in [0.2, 0.25) is 0 Å². The summed E-state index contributed by atoms with van der Waals surface area (Å²) in [6.45, 7) is 0. The van der Waals surface area contributed by atoms with E-state index in [4.69, 9.17) is 0 Å². The topological polar surface area (TPSA) is 0 Å². The first-order valence-electron chi connectivity index (χ1n) is 7.56. The van der Waals surface area contributed by atoms with Gasteiger partial charge in [0.2, 0.25) is 0 Å². The van der Waals surface area contributed by atoms with Crippen molar-refractivity contribution < 1.29 is 0 Å². The van der Waals surface area contributed by atoms with Gasteiger partial charge < -0.3 is 0 Å². The highest BCUT2D eigenvalue weighted by Gasteiger charge is 2.13. The Labute approximate surface area is 129 Å². The van der Waals surface area contributed by atoms with Crippen LogP contribution >= 0.6 is 0 Å². The molecule has 101 valence electrons. The molecule has 0 fully saturated rings. The Hall–Kier alpha value is -2.86. The van der Waals surface area contributed by atoms with Gasteiger partial charge in [0.05, 0.1) is 0 Å². The molecular formula is C22H13. The van der Waals surface area contributed by atoms with Crippen molar-refractivity contribution in [2.75, 3.05) is 0 Å². The van der Waals surface area contributed by atoms with E-state index in [2.05, 4.69) is 84.9 Å². The molecule has 2 bridgehead atoms. The van der Waals surface area contributed by atoms with Crippen molar-refractivity contribution in [3.05, 3.63) is 84.9 Å². The molecule has 0 nitrogen and oxygen atoms in total. The van der Waals surface area contributed by atoms with Crippen molar-refractivity contribution in [2.45, 2.75) is 0 Å². The van der Waals surface area contributed by atoms with Gasteiger partial charge in [-0.1, -0.05) is 78.9 Å². The van der Waals surface area contributed by atoms with Crippen LogP contribution in [0.1, 0.15) is 0 Å². The molecule has 0 unspecified atom stereocenters. The molecule has 0 N–H and O–H groups in total. The van der Waals surface area contributed by atoms with Crippen molar-refractivity contribution in [3.63, 3.8) is 0 Å². The largest absolute Gasteiger partial charge is 0.0622 e. The van der Waals surface area contributed by atoms with Crippen LogP contribution in [0, 0.1) is 6.07 Å². The van der Waals surface area contributed by atoms with Crippen molar-refractivity contribution >= 4 is 32.3 Å². The van der Waals surface area contributed by atoms with Crippen molar-refractivity contribution in [2.24, 2.45) is 0 Å². The third kappa shape index (κ3) is 1.52. The minimum Gasteiger partial charge on any atom is -0.0622 e. The molecule has 0 aromatic heterocycles. The molecular weight excluding hydrogens is 264 g/mol. The summed E-state index contributed by atoms with van der Waals surface area (Å²) in [6, 6.07) is 31.7. The zero-order valence-corrected chi connectivity index (χ0v) is 12.0. The van der Waals surface area contributed by atoms with Gasteiger partial charge in [0.25, 0.3) is 0 Å². The fourth-order valence-electron chi connectivity index (χ4n) is 3.48. The normalized spacial score (nSPS) is 11.6. The van der Waals surface area contributed by atoms with Gasteiger partial charge >= 0.3 is 0 Å². The van der Waals surface area contributed by atoms with E-state index in [1.54, 1.807) is 0 Å². The van der Waals surface area contributed by atoms with Crippen LogP contribution in [-0.2, 0) is 0 Å². The summed E-state index contributed by atoms with van der Waals surface area (Å²) in [7, 11) is 0. The van der Waals surface area contributed by atoms with E-state index < -0.39 is 0 Å². The molecule has 6 aromatic carbocycles. The fraction of sp³-hybridized carbons (Fsp3) is 0. The molecule has 0 saturated carbocycles. The van der Waals surface area contributed by atoms with Gasteiger partial charge in [-0.3, -0.25) is 0 Å². The molecule has 0 saturated heterocycles. The number of rotatable bonds is 1. The Morgan fingerprint density at radius 1 is 0.591 bits per heavy atom. The van der Waals surface area contributed by atoms with Crippen molar-refractivity contribution in [1.82, 2.24) is 0 Å². The second-order valence-corrected chi connectivity index (χ2v) is 5.74. The quantitative estimate of drug-likeness (QED) is 0.327. The molecule has 22 heavy (non-hydrogen) atoms. The first-order chi connectivity index (χ1) is 10.9. The van der Waals surface area contributed by atoms with Gasteiger partial charge in [0.1, 0.15) is 0 Å². The molecule has 0 aliphatic heterocycles. The molecule has 0 aliphatic carbocycles. The molecule has 0 atom stereocenters. The third-order valence-corrected chi connectivity index (χ3v) is 4.48. The molecule has 0 heteroatoms. The van der Waals surface area contributed by atoms with E-state index >= 15 is 0 Å². The highest BCUT2D eigenvalue weighted by molar-refractivity contribution is 6.23. The number of fused-ring (bicyclic) bond motifs is 3. The van der Waals surface area contributed by atoms with Gasteiger partial charge in [-0.15, -0.1) is 0 Å². The third-order valence-electron chi connectivity index (χ3n) is 4.48. The second kappa shape index (κ2) is 4.32. The summed E-state index contributed by atoms with van der Waals surface area (Å²) in [6.07, 6.45) is 0. The van der Waals surface area contributed by atoms with Gasteiger partial charge in [-0.05, 0) is 49.5 Å². The van der Waals surface area contributed by atoms with Crippen LogP contribution in [0.3, 0.4) is 0 Å². The van der Waals surface area contributed by atoms with E-state index in [0.29, 0.717) is 0 Å². The van der Waals surface area contributed by atoms with Crippen molar-refractivity contribution in [3.8, 4) is 11.1 Å². The van der Waals surface area contributed by atoms with Crippen molar-refractivity contribution in [1.29, 1.82) is 0 Å². The summed E-state index contributed by atoms with van der Waals surface area (Å²) in [5.41, 5.74) is 2.59. The summed E-state index contributed by atoms with van der Waals surface area (Å²) >= 11 is 0. The lowest BCUT2D eigenvalue weighted by molar-refractivity contribution is 1.68. The smallest absolute Gasteiger partial charge is 0.000741 e. The summed E-state index contributed by atoms with van der Waals surface area (Å²) in [5, 5.41) is 7.55. The predicted molar refractivity (Wildman–Crippen MR) is 94.4 cm³/mol. The van der Waals surface area contributed by atoms with Gasteiger partial charge in [0, 0.05) is 0 Å². The predicted octanol–water partition coefficient (Wildman–Crippen LogP) is 6.05. The fourth-order valence-corrected chi connectivity index (χ4v) is 3.48. The van der Waals surface area contributed by atoms with Gasteiger partial charge in [-0.25, -0.2) is 0 Å². The molecule has 1 radical (unpaired) electrons. The van der Waals surface area contributed by atoms with Gasteiger partial charge in [0.15, 0.2) is 0 Å². The minimum absolute atomic E-state index is 1.18. The number of hydrogen-bond acceptors (Lipinski definition) is 0. The second-order valence-electron chi connectivity index (χ2n) is 5.74. The highest BCUT2D eigenvalue weighted by atomic mass is 14.2. The maximum Gasteiger partial charge on any atom is -0.000741 e. The van der Waals surface area contributed by atoms with Crippen LogP contribution in [-0.4, -0.2) is 0 Å². The SMILES string of the molecule is [c]1c2ccccc2c(-c2ccccc2)c2c3ccc(cc3)c12. The lowest BCUT2D eigenvalue weighted by atomic mass is 9.88. The van der Waals surface area contributed by atoms with E-state index in [1.807, 2.05) is 0 Å². The zero-order chi connectivity index (χ0) is 14.5. The Morgan fingerprint density at radius 3 is 2.09 bits per heavy atom. The van der Waals surface area contributed by atoms with Crippen LogP contribution in [0.4, 0.5) is 0 Å². The lowest BCUT2D eigenvalue weighted by Crippen LogP contribution is -1.88. The van der Waals surface area contributed by atoms with Crippen LogP contribution in [0.25, 0.3) is 43.4 Å². The minimum atomic E-state index is 1.18. The molecule has 0 amide bonds. The van der Waals surface area contributed by atoms with E-state index in [9.17, 15) is 0 Å². The average Bonchev–Trinajstić information content (AvgIpc) is 2.61. The summed E-state index contributed by atoms with van der Waals surface area (Å²) in [4.78, 5) is 0. The number of benzene rings is 6. The van der Waals surface area contributed by atoms with E-state index in [0.717, 1.165) is 0 Å². The summed E-state index contributed by atoms with van der Waals surface area (Å²) in [5.74, 6) is 0. The Morgan fingerprint density at radius 2 is 1.27 bits per heavy atom. The first-order valence-corrected chi connectivity index (χ1v) is 7.56. The standard InChI is InChI=1S/C22H13/c1-2-6-16(7-3-1)21-19-9-5-4-8-18(19)14-20-15-10-12-17(13-11-15)22(20)21/h1-13H. The van der Waals surface area contributed by atoms with Crippen LogP contribution < -0.4 is 0 Å². The Bertz CT molecular complexity index is 1080. The zero-order valence-electron chi connectivity index (χ0n) is 12.0. The maximum absolute atomic E-state index is 3.63.